The summed E-state index contributed by atoms with van der Waals surface area (Å²) in [7, 11) is 0. The minimum atomic E-state index is -1.03. The van der Waals surface area contributed by atoms with Crippen LogP contribution in [0.25, 0.3) is 0 Å². The molecule has 1 fully saturated rings. The summed E-state index contributed by atoms with van der Waals surface area (Å²) in [6, 6.07) is -0.728. The molecule has 0 aromatic heterocycles. The fourth-order valence-corrected chi connectivity index (χ4v) is 2.29. The summed E-state index contributed by atoms with van der Waals surface area (Å²) in [5, 5.41) is 10.2. The first-order valence-electron chi connectivity index (χ1n) is 7.65. The van der Waals surface area contributed by atoms with Crippen LogP contribution in [0, 0.1) is 0 Å². The molecule has 2 atom stereocenters. The van der Waals surface area contributed by atoms with Crippen molar-refractivity contribution in [1.29, 1.82) is 0 Å². The van der Waals surface area contributed by atoms with Crippen LogP contribution < -0.4 is 0 Å². The predicted octanol–water partition coefficient (Wildman–Crippen LogP) is 2.48. The lowest BCUT2D eigenvalue weighted by Gasteiger charge is -2.42. The highest BCUT2D eigenvalue weighted by Gasteiger charge is 2.43. The summed E-state index contributed by atoms with van der Waals surface area (Å²) in [6.45, 7) is 12.3. The molecule has 22 heavy (non-hydrogen) atoms. The van der Waals surface area contributed by atoms with Crippen LogP contribution in [0.1, 0.15) is 61.3 Å². The molecule has 0 radical (unpaired) electrons. The van der Waals surface area contributed by atoms with Gasteiger partial charge in [0.15, 0.2) is 0 Å². The van der Waals surface area contributed by atoms with Crippen LogP contribution in [0.5, 0.6) is 0 Å². The molecule has 0 bridgehead atoms. The second-order valence-corrected chi connectivity index (χ2v) is 8.19. The second-order valence-electron chi connectivity index (χ2n) is 8.19. The third-order valence-corrected chi connectivity index (χ3v) is 3.15. The van der Waals surface area contributed by atoms with E-state index in [9.17, 15) is 14.7 Å². The van der Waals surface area contributed by atoms with Crippen molar-refractivity contribution in [2.75, 3.05) is 6.54 Å². The highest BCUT2D eigenvalue weighted by molar-refractivity contribution is 5.82. The molecule has 1 rings (SSSR count). The smallest absolute Gasteiger partial charge is 0.411 e. The van der Waals surface area contributed by atoms with Crippen molar-refractivity contribution in [3.63, 3.8) is 0 Å². The molecule has 1 heterocycles. The van der Waals surface area contributed by atoms with E-state index in [2.05, 4.69) is 0 Å². The van der Waals surface area contributed by atoms with E-state index >= 15 is 0 Å². The molecule has 0 aromatic carbocycles. The minimum absolute atomic E-state index is 0.0474. The van der Waals surface area contributed by atoms with Crippen molar-refractivity contribution in [3.8, 4) is 0 Å². The quantitative estimate of drug-likeness (QED) is 0.752. The Labute approximate surface area is 132 Å². The van der Waals surface area contributed by atoms with Gasteiger partial charge in [0.05, 0.1) is 12.1 Å². The van der Waals surface area contributed by atoms with Gasteiger partial charge in [-0.05, 0) is 61.3 Å². The molecule has 0 saturated carbocycles. The van der Waals surface area contributed by atoms with E-state index in [1.807, 2.05) is 0 Å². The summed E-state index contributed by atoms with van der Waals surface area (Å²) in [4.78, 5) is 26.0. The van der Waals surface area contributed by atoms with E-state index in [4.69, 9.17) is 9.47 Å². The average molecular weight is 315 g/mol. The average Bonchev–Trinajstić information content (AvgIpc) is 2.22. The Hall–Kier alpha value is -1.30. The first kappa shape index (κ1) is 18.7. The molecule has 6 heteroatoms. The summed E-state index contributed by atoms with van der Waals surface area (Å²) in [6.07, 6.45) is 0.167. The summed E-state index contributed by atoms with van der Waals surface area (Å²) >= 11 is 0. The zero-order chi connectivity index (χ0) is 17.3. The second kappa shape index (κ2) is 6.07. The van der Waals surface area contributed by atoms with Crippen LogP contribution in [0.15, 0.2) is 0 Å². The number of carbonyl (C=O) groups excluding carboxylic acids is 2. The molecule has 1 aliphatic rings. The Kier molecular flexibility index (Phi) is 5.17. The first-order valence-corrected chi connectivity index (χ1v) is 7.65. The number of hydrogen-bond acceptors (Lipinski definition) is 5. The molecular weight excluding hydrogens is 286 g/mol. The van der Waals surface area contributed by atoms with Gasteiger partial charge in [0.2, 0.25) is 0 Å². The number of piperidine rings is 1. The normalized spacial score (nSPS) is 26.5. The van der Waals surface area contributed by atoms with Crippen LogP contribution in [0.2, 0.25) is 0 Å². The number of β-amino-alcohol motifs (C(OH)–C–C–N with tert-alkyl or cyclic N) is 1. The topological polar surface area (TPSA) is 76.1 Å². The highest BCUT2D eigenvalue weighted by atomic mass is 16.6. The third kappa shape index (κ3) is 5.83. The van der Waals surface area contributed by atoms with Crippen LogP contribution in [-0.2, 0) is 14.3 Å². The Morgan fingerprint density at radius 2 is 1.59 bits per heavy atom. The molecule has 1 unspecified atom stereocenters. The van der Waals surface area contributed by atoms with Crippen molar-refractivity contribution in [1.82, 2.24) is 4.90 Å². The fourth-order valence-electron chi connectivity index (χ4n) is 2.29. The van der Waals surface area contributed by atoms with E-state index in [0.29, 0.717) is 12.8 Å². The maximum Gasteiger partial charge on any atom is 0.411 e. The van der Waals surface area contributed by atoms with E-state index in [-0.39, 0.29) is 6.54 Å². The van der Waals surface area contributed by atoms with Gasteiger partial charge in [-0.25, -0.2) is 9.59 Å². The van der Waals surface area contributed by atoms with Gasteiger partial charge in [0, 0.05) is 0 Å². The lowest BCUT2D eigenvalue weighted by molar-refractivity contribution is -0.165. The summed E-state index contributed by atoms with van der Waals surface area (Å²) in [5.74, 6) is -0.464. The van der Waals surface area contributed by atoms with Crippen molar-refractivity contribution in [2.45, 2.75) is 84.2 Å². The van der Waals surface area contributed by atoms with E-state index < -0.39 is 34.9 Å². The fraction of sp³-hybridized carbons (Fsp3) is 0.875. The summed E-state index contributed by atoms with van der Waals surface area (Å²) < 4.78 is 10.7. The van der Waals surface area contributed by atoms with Crippen molar-refractivity contribution >= 4 is 12.1 Å². The van der Waals surface area contributed by atoms with Crippen molar-refractivity contribution in [3.05, 3.63) is 0 Å². The Morgan fingerprint density at radius 3 is 2.05 bits per heavy atom. The minimum Gasteiger partial charge on any atom is -0.458 e. The van der Waals surface area contributed by atoms with Crippen LogP contribution in [-0.4, -0.2) is 51.5 Å². The van der Waals surface area contributed by atoms with Crippen LogP contribution in [0.3, 0.4) is 0 Å². The molecule has 0 aliphatic carbocycles. The van der Waals surface area contributed by atoms with Crippen LogP contribution >= 0.6 is 0 Å². The van der Waals surface area contributed by atoms with Gasteiger partial charge in [-0.2, -0.15) is 0 Å². The van der Waals surface area contributed by atoms with Gasteiger partial charge in [-0.3, -0.25) is 4.90 Å². The Morgan fingerprint density at radius 1 is 1.09 bits per heavy atom. The lowest BCUT2D eigenvalue weighted by atomic mass is 9.90. The van der Waals surface area contributed by atoms with Gasteiger partial charge in [0.1, 0.15) is 17.2 Å². The highest BCUT2D eigenvalue weighted by Crippen LogP contribution is 2.28. The first-order chi connectivity index (χ1) is 9.70. The molecule has 0 aromatic rings. The third-order valence-electron chi connectivity index (χ3n) is 3.15. The van der Waals surface area contributed by atoms with Gasteiger partial charge in [-0.1, -0.05) is 0 Å². The SMILES string of the molecule is CC(C)(C)OC(=O)C1CC[C@](C)(O)CN1C(=O)OC(C)(C)C. The number of carbonyl (C=O) groups is 2. The number of rotatable bonds is 1. The van der Waals surface area contributed by atoms with Crippen LogP contribution in [0.4, 0.5) is 4.79 Å². The number of likely N-dealkylation sites (tertiary alicyclic amines) is 1. The van der Waals surface area contributed by atoms with Gasteiger partial charge in [0.25, 0.3) is 0 Å². The lowest BCUT2D eigenvalue weighted by Crippen LogP contribution is -2.58. The predicted molar refractivity (Wildman–Crippen MR) is 82.4 cm³/mol. The molecule has 1 aliphatic heterocycles. The Bertz CT molecular complexity index is 431. The monoisotopic (exact) mass is 315 g/mol. The molecule has 6 nitrogen and oxygen atoms in total. The van der Waals surface area contributed by atoms with Gasteiger partial charge < -0.3 is 14.6 Å². The van der Waals surface area contributed by atoms with Gasteiger partial charge in [-0.15, -0.1) is 0 Å². The number of amides is 1. The van der Waals surface area contributed by atoms with Crippen molar-refractivity contribution < 1.29 is 24.2 Å². The maximum absolute atomic E-state index is 12.4. The van der Waals surface area contributed by atoms with Gasteiger partial charge >= 0.3 is 12.1 Å². The molecule has 1 amide bonds. The molecule has 1 N–H and O–H groups in total. The van der Waals surface area contributed by atoms with E-state index in [0.717, 1.165) is 0 Å². The maximum atomic E-state index is 12.4. The molecule has 0 spiro atoms. The zero-order valence-electron chi connectivity index (χ0n) is 14.7. The molecule has 1 saturated heterocycles. The number of aliphatic hydroxyl groups is 1. The number of hydrogen-bond donors (Lipinski definition) is 1. The largest absolute Gasteiger partial charge is 0.458 e. The number of nitrogens with zero attached hydrogens (tertiary/aromatic N) is 1. The number of esters is 1. The number of ether oxygens (including phenoxy) is 2. The zero-order valence-corrected chi connectivity index (χ0v) is 14.7. The van der Waals surface area contributed by atoms with E-state index in [1.165, 1.54) is 4.90 Å². The summed E-state index contributed by atoms with van der Waals surface area (Å²) in [5.41, 5.74) is -2.33. The van der Waals surface area contributed by atoms with E-state index in [1.54, 1.807) is 48.5 Å². The molecule has 128 valence electrons. The molecular formula is C16H29NO5. The Balaban J connectivity index is 2.93. The standard InChI is InChI=1S/C16H29NO5/c1-14(2,3)21-12(18)11-8-9-16(7,20)10-17(11)13(19)22-15(4,5)6/h11,20H,8-10H2,1-7H3/t11?,16-/m0/s1. The van der Waals surface area contributed by atoms with Crippen molar-refractivity contribution in [2.24, 2.45) is 0 Å².